The number of rotatable bonds is 9. The SMILES string of the molecule is NC(N)=NCCCC1NC(=O)C(Cc2ccccc2)NC(=O)C(NC(=O)c2ccccc2)CCCCC(C(=O)O)NC1=O. The fraction of sp³-hybridized carbons (Fsp3) is 0.400. The van der Waals surface area contributed by atoms with Crippen molar-refractivity contribution in [2.45, 2.75) is 69.1 Å². The number of amides is 4. The molecule has 0 saturated carbocycles. The zero-order valence-corrected chi connectivity index (χ0v) is 23.8. The van der Waals surface area contributed by atoms with Crippen molar-refractivity contribution in [1.82, 2.24) is 21.3 Å². The minimum absolute atomic E-state index is 0.0906. The Morgan fingerprint density at radius 1 is 0.837 bits per heavy atom. The summed E-state index contributed by atoms with van der Waals surface area (Å²) in [7, 11) is 0. The standard InChI is InChI=1S/C30H39N7O6/c31-30(32)33-17-9-16-22-26(39)36-23(29(42)43)15-8-7-14-21(34-25(38)20-12-5-2-6-13-20)27(40)37-24(28(41)35-22)18-19-10-3-1-4-11-19/h1-6,10-13,21-24H,7-9,14-18H2,(H,34,38)(H,35,41)(H,36,39)(H,37,40)(H,42,43)(H4,31,32,33). The number of guanidine groups is 1. The zero-order chi connectivity index (χ0) is 31.2. The van der Waals surface area contributed by atoms with E-state index < -0.39 is 53.8 Å². The summed E-state index contributed by atoms with van der Waals surface area (Å²) in [6.07, 6.45) is 1.56. The summed E-state index contributed by atoms with van der Waals surface area (Å²) in [5.41, 5.74) is 11.9. The molecule has 9 N–H and O–H groups in total. The number of nitrogens with two attached hydrogens (primary N) is 2. The van der Waals surface area contributed by atoms with Crippen LogP contribution in [-0.4, -0.2) is 71.4 Å². The highest BCUT2D eigenvalue weighted by atomic mass is 16.4. The molecule has 43 heavy (non-hydrogen) atoms. The smallest absolute Gasteiger partial charge is 0.326 e. The number of hydrogen-bond donors (Lipinski definition) is 7. The van der Waals surface area contributed by atoms with Crippen molar-refractivity contribution >= 4 is 35.6 Å². The van der Waals surface area contributed by atoms with Crippen molar-refractivity contribution in [1.29, 1.82) is 0 Å². The van der Waals surface area contributed by atoms with E-state index in [0.717, 1.165) is 5.56 Å². The van der Waals surface area contributed by atoms with E-state index in [1.807, 2.05) is 6.07 Å². The number of benzene rings is 2. The number of hydrogen-bond acceptors (Lipinski definition) is 6. The Labute approximate surface area is 249 Å². The molecule has 0 bridgehead atoms. The van der Waals surface area contributed by atoms with Gasteiger partial charge in [0.1, 0.15) is 24.2 Å². The summed E-state index contributed by atoms with van der Waals surface area (Å²) >= 11 is 0. The van der Waals surface area contributed by atoms with E-state index in [-0.39, 0.29) is 38.2 Å². The Kier molecular flexibility index (Phi) is 12.5. The Hall–Kier alpha value is -4.94. The van der Waals surface area contributed by atoms with Gasteiger partial charge in [-0.25, -0.2) is 4.79 Å². The number of aliphatic carboxylic acids is 1. The molecule has 4 amide bonds. The third-order valence-electron chi connectivity index (χ3n) is 7.00. The number of nitrogens with zero attached hydrogens (tertiary/aromatic N) is 1. The molecule has 0 spiro atoms. The highest BCUT2D eigenvalue weighted by Crippen LogP contribution is 2.12. The van der Waals surface area contributed by atoms with Crippen LogP contribution in [-0.2, 0) is 25.6 Å². The summed E-state index contributed by atoms with van der Waals surface area (Å²) in [4.78, 5) is 69.2. The Morgan fingerprint density at radius 3 is 2.09 bits per heavy atom. The maximum Gasteiger partial charge on any atom is 0.326 e. The van der Waals surface area contributed by atoms with Crippen molar-refractivity contribution in [2.75, 3.05) is 6.54 Å². The molecule has 4 atom stereocenters. The first-order chi connectivity index (χ1) is 20.6. The molecule has 0 radical (unpaired) electrons. The van der Waals surface area contributed by atoms with Gasteiger partial charge in [0.25, 0.3) is 5.91 Å². The molecule has 13 heteroatoms. The second kappa shape index (κ2) is 16.5. The lowest BCUT2D eigenvalue weighted by Gasteiger charge is -2.27. The van der Waals surface area contributed by atoms with Gasteiger partial charge in [0, 0.05) is 18.5 Å². The highest BCUT2D eigenvalue weighted by Gasteiger charge is 2.32. The lowest BCUT2D eigenvalue weighted by Crippen LogP contribution is -2.58. The summed E-state index contributed by atoms with van der Waals surface area (Å²) < 4.78 is 0. The summed E-state index contributed by atoms with van der Waals surface area (Å²) in [5.74, 6) is -3.68. The molecule has 1 aliphatic heterocycles. The predicted octanol–water partition coefficient (Wildman–Crippen LogP) is 0.194. The van der Waals surface area contributed by atoms with Crippen LogP contribution in [0, 0.1) is 0 Å². The van der Waals surface area contributed by atoms with E-state index in [9.17, 15) is 29.1 Å². The van der Waals surface area contributed by atoms with E-state index in [2.05, 4.69) is 26.3 Å². The summed E-state index contributed by atoms with van der Waals surface area (Å²) in [6, 6.07) is 13.0. The van der Waals surface area contributed by atoms with Crippen molar-refractivity contribution in [3.8, 4) is 0 Å². The molecule has 4 unspecified atom stereocenters. The van der Waals surface area contributed by atoms with Gasteiger partial charge in [-0.1, -0.05) is 61.4 Å². The maximum absolute atomic E-state index is 13.6. The molecule has 1 saturated heterocycles. The fourth-order valence-electron chi connectivity index (χ4n) is 4.70. The van der Waals surface area contributed by atoms with Crippen molar-refractivity contribution in [3.05, 3.63) is 71.8 Å². The third-order valence-corrected chi connectivity index (χ3v) is 7.00. The second-order valence-corrected chi connectivity index (χ2v) is 10.3. The predicted molar refractivity (Wildman–Crippen MR) is 160 cm³/mol. The van der Waals surface area contributed by atoms with Gasteiger partial charge in [-0.3, -0.25) is 24.2 Å². The van der Waals surface area contributed by atoms with E-state index in [0.29, 0.717) is 24.8 Å². The minimum Gasteiger partial charge on any atom is -0.480 e. The largest absolute Gasteiger partial charge is 0.480 e. The first kappa shape index (κ1) is 32.6. The molecule has 13 nitrogen and oxygen atoms in total. The van der Waals surface area contributed by atoms with Gasteiger partial charge in [-0.05, 0) is 43.4 Å². The quantitative estimate of drug-likeness (QED) is 0.121. The molecule has 1 aliphatic rings. The maximum atomic E-state index is 13.6. The van der Waals surface area contributed by atoms with Gasteiger partial charge < -0.3 is 37.8 Å². The molecular weight excluding hydrogens is 554 g/mol. The van der Waals surface area contributed by atoms with Gasteiger partial charge in [0.05, 0.1) is 0 Å². The first-order valence-electron chi connectivity index (χ1n) is 14.2. The minimum atomic E-state index is -1.22. The number of aliphatic imine (C=N–C) groups is 1. The molecule has 3 rings (SSSR count). The fourth-order valence-corrected chi connectivity index (χ4v) is 4.70. The van der Waals surface area contributed by atoms with Crippen LogP contribution in [0.25, 0.3) is 0 Å². The van der Waals surface area contributed by atoms with Crippen molar-refractivity contribution in [2.24, 2.45) is 16.5 Å². The zero-order valence-electron chi connectivity index (χ0n) is 23.8. The Balaban J connectivity index is 1.90. The van der Waals surface area contributed by atoms with E-state index >= 15 is 0 Å². The first-order valence-corrected chi connectivity index (χ1v) is 14.2. The molecule has 1 heterocycles. The lowest BCUT2D eigenvalue weighted by molar-refractivity contribution is -0.142. The van der Waals surface area contributed by atoms with Crippen LogP contribution in [0.3, 0.4) is 0 Å². The van der Waals surface area contributed by atoms with Gasteiger partial charge in [-0.15, -0.1) is 0 Å². The van der Waals surface area contributed by atoms with Gasteiger partial charge >= 0.3 is 5.97 Å². The van der Waals surface area contributed by atoms with Crippen LogP contribution in [0.5, 0.6) is 0 Å². The van der Waals surface area contributed by atoms with Crippen LogP contribution in [0.15, 0.2) is 65.7 Å². The summed E-state index contributed by atoms with van der Waals surface area (Å²) in [5, 5.41) is 20.5. The molecule has 1 fully saturated rings. The number of carboxylic acids is 1. The van der Waals surface area contributed by atoms with Gasteiger partial charge in [0.2, 0.25) is 17.7 Å². The van der Waals surface area contributed by atoms with Crippen LogP contribution in [0.1, 0.15) is 54.4 Å². The van der Waals surface area contributed by atoms with E-state index in [4.69, 9.17) is 11.5 Å². The number of nitrogens with one attached hydrogen (secondary N) is 4. The lowest BCUT2D eigenvalue weighted by atomic mass is 10.00. The van der Waals surface area contributed by atoms with Gasteiger partial charge in [-0.2, -0.15) is 0 Å². The number of carbonyl (C=O) groups is 5. The normalized spacial score (nSPS) is 21.7. The third kappa shape index (κ3) is 10.8. The van der Waals surface area contributed by atoms with Crippen LogP contribution in [0.2, 0.25) is 0 Å². The summed E-state index contributed by atoms with van der Waals surface area (Å²) in [6.45, 7) is 0.192. The van der Waals surface area contributed by atoms with Crippen molar-refractivity contribution < 1.29 is 29.1 Å². The molecule has 2 aromatic rings. The average Bonchev–Trinajstić information content (AvgIpc) is 2.99. The molecular formula is C30H39N7O6. The highest BCUT2D eigenvalue weighted by molar-refractivity contribution is 5.99. The van der Waals surface area contributed by atoms with Gasteiger partial charge in [0.15, 0.2) is 5.96 Å². The van der Waals surface area contributed by atoms with E-state index in [1.165, 1.54) is 0 Å². The van der Waals surface area contributed by atoms with Crippen LogP contribution >= 0.6 is 0 Å². The van der Waals surface area contributed by atoms with E-state index in [1.54, 1.807) is 54.6 Å². The van der Waals surface area contributed by atoms with Crippen molar-refractivity contribution in [3.63, 3.8) is 0 Å². The number of carboxylic acid groups (broad SMARTS) is 1. The Morgan fingerprint density at radius 2 is 1.44 bits per heavy atom. The molecule has 230 valence electrons. The molecule has 0 aromatic heterocycles. The molecule has 0 aliphatic carbocycles. The molecule has 2 aromatic carbocycles. The monoisotopic (exact) mass is 593 g/mol. The van der Waals surface area contributed by atoms with Crippen LogP contribution < -0.4 is 32.7 Å². The van der Waals surface area contributed by atoms with Crippen LogP contribution in [0.4, 0.5) is 0 Å². The topological polar surface area (TPSA) is 218 Å². The average molecular weight is 594 g/mol. The number of carbonyl (C=O) groups excluding carboxylic acids is 4. The second-order valence-electron chi connectivity index (χ2n) is 10.3. The Bertz CT molecular complexity index is 1280.